The number of aromatic nitrogens is 1. The highest BCUT2D eigenvalue weighted by Gasteiger charge is 2.32. The van der Waals surface area contributed by atoms with Crippen LogP contribution in [0.4, 0.5) is 13.2 Å². The van der Waals surface area contributed by atoms with Crippen LogP contribution in [-0.2, 0) is 18.3 Å². The van der Waals surface area contributed by atoms with Crippen LogP contribution in [0.5, 0.6) is 5.88 Å². The summed E-state index contributed by atoms with van der Waals surface area (Å²) in [6.45, 7) is 1.91. The van der Waals surface area contributed by atoms with Crippen LogP contribution in [0.25, 0.3) is 0 Å². The lowest BCUT2D eigenvalue weighted by Crippen LogP contribution is -2.35. The predicted octanol–water partition coefficient (Wildman–Crippen LogP) is 3.11. The van der Waals surface area contributed by atoms with Gasteiger partial charge in [-0.2, -0.15) is 13.2 Å². The van der Waals surface area contributed by atoms with Gasteiger partial charge in [0.25, 0.3) is 0 Å². The summed E-state index contributed by atoms with van der Waals surface area (Å²) in [5.74, 6) is 0.462. The van der Waals surface area contributed by atoms with Crippen molar-refractivity contribution in [1.82, 2.24) is 10.3 Å². The molecular weight excluding hydrogens is 321 g/mol. The van der Waals surface area contributed by atoms with Gasteiger partial charge in [-0.1, -0.05) is 18.2 Å². The molecule has 2 aromatic rings. The minimum Gasteiger partial charge on any atom is -0.481 e. The maximum Gasteiger partial charge on any atom is 0.416 e. The van der Waals surface area contributed by atoms with Crippen molar-refractivity contribution in [3.63, 3.8) is 0 Å². The molecule has 0 bridgehead atoms. The number of aliphatic hydroxyl groups is 1. The van der Waals surface area contributed by atoms with Gasteiger partial charge in [-0.25, -0.2) is 4.98 Å². The highest BCUT2D eigenvalue weighted by molar-refractivity contribution is 5.30. The molecule has 7 heteroatoms. The van der Waals surface area contributed by atoms with E-state index in [4.69, 9.17) is 4.74 Å². The van der Waals surface area contributed by atoms with E-state index in [0.29, 0.717) is 12.4 Å². The van der Waals surface area contributed by atoms with Crippen LogP contribution in [0, 0.1) is 0 Å². The fourth-order valence-electron chi connectivity index (χ4n) is 2.32. The zero-order valence-electron chi connectivity index (χ0n) is 13.4. The van der Waals surface area contributed by atoms with E-state index in [1.54, 1.807) is 12.3 Å². The molecule has 1 heterocycles. The number of rotatable bonds is 6. The van der Waals surface area contributed by atoms with Crippen molar-refractivity contribution in [2.75, 3.05) is 13.7 Å². The van der Waals surface area contributed by atoms with Gasteiger partial charge in [0.1, 0.15) is 0 Å². The molecule has 24 heavy (non-hydrogen) atoms. The van der Waals surface area contributed by atoms with E-state index in [1.165, 1.54) is 26.2 Å². The van der Waals surface area contributed by atoms with Gasteiger partial charge in [-0.15, -0.1) is 0 Å². The van der Waals surface area contributed by atoms with E-state index in [1.807, 2.05) is 6.07 Å². The molecule has 0 aliphatic carbocycles. The minimum absolute atomic E-state index is 0.0758. The minimum atomic E-state index is -4.44. The molecular formula is C17H19F3N2O2. The average Bonchev–Trinajstić information content (AvgIpc) is 2.54. The van der Waals surface area contributed by atoms with E-state index < -0.39 is 17.3 Å². The number of methoxy groups -OCH3 is 1. The number of hydrogen-bond donors (Lipinski definition) is 2. The summed E-state index contributed by atoms with van der Waals surface area (Å²) >= 11 is 0. The SMILES string of the molecule is COc1ncccc1CNCC(C)(O)c1cccc(C(F)(F)F)c1. The summed E-state index contributed by atoms with van der Waals surface area (Å²) < 4.78 is 43.5. The van der Waals surface area contributed by atoms with Crippen LogP contribution in [0.2, 0.25) is 0 Å². The third kappa shape index (κ3) is 4.46. The highest BCUT2D eigenvalue weighted by Crippen LogP contribution is 2.32. The highest BCUT2D eigenvalue weighted by atomic mass is 19.4. The van der Waals surface area contributed by atoms with Gasteiger partial charge in [0.05, 0.1) is 18.3 Å². The van der Waals surface area contributed by atoms with Gasteiger partial charge in [0, 0.05) is 24.8 Å². The molecule has 1 aromatic heterocycles. The molecule has 0 fully saturated rings. The van der Waals surface area contributed by atoms with Crippen molar-refractivity contribution in [3.05, 3.63) is 59.3 Å². The predicted molar refractivity (Wildman–Crippen MR) is 83.5 cm³/mol. The van der Waals surface area contributed by atoms with Crippen molar-refractivity contribution >= 4 is 0 Å². The second kappa shape index (κ2) is 7.19. The van der Waals surface area contributed by atoms with Crippen LogP contribution < -0.4 is 10.1 Å². The number of pyridine rings is 1. The molecule has 0 saturated heterocycles. The molecule has 1 aromatic carbocycles. The molecule has 1 atom stereocenters. The van der Waals surface area contributed by atoms with Gasteiger partial charge in [0.2, 0.25) is 5.88 Å². The molecule has 0 spiro atoms. The third-order valence-corrected chi connectivity index (χ3v) is 3.64. The summed E-state index contributed by atoms with van der Waals surface area (Å²) in [4.78, 5) is 4.06. The number of benzene rings is 1. The summed E-state index contributed by atoms with van der Waals surface area (Å²) in [5, 5.41) is 13.5. The topological polar surface area (TPSA) is 54.4 Å². The molecule has 2 rings (SSSR count). The lowest BCUT2D eigenvalue weighted by molar-refractivity contribution is -0.137. The summed E-state index contributed by atoms with van der Waals surface area (Å²) in [7, 11) is 1.50. The van der Waals surface area contributed by atoms with Crippen LogP contribution in [0.15, 0.2) is 42.6 Å². The first-order chi connectivity index (χ1) is 11.2. The Kier molecular flexibility index (Phi) is 5.46. The zero-order valence-corrected chi connectivity index (χ0v) is 13.4. The van der Waals surface area contributed by atoms with Gasteiger partial charge in [-0.05, 0) is 30.7 Å². The number of nitrogens with zero attached hydrogens (tertiary/aromatic N) is 1. The number of hydrogen-bond acceptors (Lipinski definition) is 4. The molecule has 0 saturated carbocycles. The van der Waals surface area contributed by atoms with Crippen LogP contribution in [0.3, 0.4) is 0 Å². The molecule has 2 N–H and O–H groups in total. The monoisotopic (exact) mass is 340 g/mol. The van der Waals surface area contributed by atoms with Crippen LogP contribution in [-0.4, -0.2) is 23.7 Å². The smallest absolute Gasteiger partial charge is 0.416 e. The Morgan fingerprint density at radius 3 is 2.54 bits per heavy atom. The van der Waals surface area contributed by atoms with Gasteiger partial charge in [-0.3, -0.25) is 0 Å². The maximum absolute atomic E-state index is 12.8. The number of ether oxygens (including phenoxy) is 1. The summed E-state index contributed by atoms with van der Waals surface area (Å²) in [6.07, 6.45) is -2.84. The third-order valence-electron chi connectivity index (χ3n) is 3.64. The Morgan fingerprint density at radius 1 is 1.17 bits per heavy atom. The molecule has 130 valence electrons. The van der Waals surface area contributed by atoms with E-state index >= 15 is 0 Å². The normalized spacial score (nSPS) is 14.2. The fraction of sp³-hybridized carbons (Fsp3) is 0.353. The second-order valence-electron chi connectivity index (χ2n) is 5.63. The van der Waals surface area contributed by atoms with Crippen molar-refractivity contribution in [3.8, 4) is 5.88 Å². The van der Waals surface area contributed by atoms with Gasteiger partial charge >= 0.3 is 6.18 Å². The Hall–Kier alpha value is -2.12. The summed E-state index contributed by atoms with van der Waals surface area (Å²) in [6, 6.07) is 8.28. The maximum atomic E-state index is 12.8. The fourth-order valence-corrected chi connectivity index (χ4v) is 2.32. The molecule has 1 unspecified atom stereocenters. The average molecular weight is 340 g/mol. The first kappa shape index (κ1) is 18.2. The molecule has 0 aliphatic heterocycles. The van der Waals surface area contributed by atoms with E-state index in [9.17, 15) is 18.3 Å². The van der Waals surface area contributed by atoms with E-state index in [0.717, 1.165) is 17.7 Å². The van der Waals surface area contributed by atoms with Crippen LogP contribution in [0.1, 0.15) is 23.6 Å². The molecule has 0 amide bonds. The number of halogens is 3. The Morgan fingerprint density at radius 2 is 1.88 bits per heavy atom. The lowest BCUT2D eigenvalue weighted by Gasteiger charge is -2.25. The van der Waals surface area contributed by atoms with E-state index in [2.05, 4.69) is 10.3 Å². The van der Waals surface area contributed by atoms with E-state index in [-0.39, 0.29) is 12.1 Å². The largest absolute Gasteiger partial charge is 0.481 e. The Labute approximate surface area is 138 Å². The van der Waals surface area contributed by atoms with Crippen molar-refractivity contribution < 1.29 is 23.0 Å². The first-order valence-corrected chi connectivity index (χ1v) is 7.33. The zero-order chi connectivity index (χ0) is 17.8. The number of nitrogens with one attached hydrogen (secondary N) is 1. The van der Waals surface area contributed by atoms with Gasteiger partial charge < -0.3 is 15.2 Å². The van der Waals surface area contributed by atoms with Crippen molar-refractivity contribution in [1.29, 1.82) is 0 Å². The molecule has 0 aliphatic rings. The Balaban J connectivity index is 2.06. The first-order valence-electron chi connectivity index (χ1n) is 7.33. The number of alkyl halides is 3. The standard InChI is InChI=1S/C17H19F3N2O2/c1-16(23,13-6-3-7-14(9-13)17(18,19)20)11-21-10-12-5-4-8-22-15(12)24-2/h3-9,21,23H,10-11H2,1-2H3. The Bertz CT molecular complexity index is 688. The molecule has 4 nitrogen and oxygen atoms in total. The summed E-state index contributed by atoms with van der Waals surface area (Å²) in [5.41, 5.74) is -1.24. The van der Waals surface area contributed by atoms with Gasteiger partial charge in [0.15, 0.2) is 0 Å². The van der Waals surface area contributed by atoms with Crippen molar-refractivity contribution in [2.45, 2.75) is 25.2 Å². The molecule has 0 radical (unpaired) electrons. The second-order valence-corrected chi connectivity index (χ2v) is 5.63. The quantitative estimate of drug-likeness (QED) is 0.848. The lowest BCUT2D eigenvalue weighted by atomic mass is 9.94. The van der Waals surface area contributed by atoms with Crippen molar-refractivity contribution in [2.24, 2.45) is 0 Å². The van der Waals surface area contributed by atoms with Crippen LogP contribution >= 0.6 is 0 Å².